The summed E-state index contributed by atoms with van der Waals surface area (Å²) in [5.41, 5.74) is 0.751. The molecular weight excluding hydrogens is 156 g/mol. The third kappa shape index (κ3) is 1.42. The number of nitrogens with one attached hydrogen (secondary N) is 1. The van der Waals surface area contributed by atoms with Crippen molar-refractivity contribution in [2.45, 2.75) is 6.92 Å². The molecule has 0 saturated carbocycles. The van der Waals surface area contributed by atoms with Gasteiger partial charge in [-0.25, -0.2) is 4.79 Å². The lowest BCUT2D eigenvalue weighted by Gasteiger charge is -2.09. The summed E-state index contributed by atoms with van der Waals surface area (Å²) in [6, 6.07) is 0. The van der Waals surface area contributed by atoms with Crippen LogP contribution in [0.1, 0.15) is 6.92 Å². The minimum atomic E-state index is -0.369. The van der Waals surface area contributed by atoms with Crippen LogP contribution < -0.4 is 16.5 Å². The van der Waals surface area contributed by atoms with Gasteiger partial charge in [0.1, 0.15) is 5.35 Å². The first-order valence-electron chi connectivity index (χ1n) is 3.58. The molecule has 0 bridgehead atoms. The first kappa shape index (κ1) is 8.64. The lowest BCUT2D eigenvalue weighted by Crippen LogP contribution is -2.29. The van der Waals surface area contributed by atoms with Crippen molar-refractivity contribution in [2.75, 3.05) is 14.1 Å². The molecule has 1 heterocycles. The van der Waals surface area contributed by atoms with Crippen LogP contribution in [0, 0.1) is 0 Å². The first-order valence-corrected chi connectivity index (χ1v) is 3.58. The van der Waals surface area contributed by atoms with Crippen molar-refractivity contribution in [3.8, 4) is 0 Å². The quantitative estimate of drug-likeness (QED) is 0.589. The predicted molar refractivity (Wildman–Crippen MR) is 46.9 cm³/mol. The molecule has 0 radical (unpaired) electrons. The topological polar surface area (TPSA) is 49.2 Å². The Hall–Kier alpha value is -1.45. The molecule has 4 nitrogen and oxygen atoms in total. The highest BCUT2D eigenvalue weighted by atomic mass is 16.4. The molecule has 0 amide bonds. The van der Waals surface area contributed by atoms with E-state index < -0.39 is 0 Å². The smallest absolute Gasteiger partial charge is 0.363 e. The monoisotopic (exact) mass is 168 g/mol. The van der Waals surface area contributed by atoms with Crippen molar-refractivity contribution in [3.63, 3.8) is 0 Å². The molecule has 0 spiro atoms. The lowest BCUT2D eigenvalue weighted by atomic mass is 10.4. The van der Waals surface area contributed by atoms with Crippen molar-refractivity contribution in [3.05, 3.63) is 21.3 Å². The van der Waals surface area contributed by atoms with Crippen molar-refractivity contribution < 1.29 is 4.42 Å². The minimum absolute atomic E-state index is 0.288. The van der Waals surface area contributed by atoms with E-state index in [9.17, 15) is 4.79 Å². The highest BCUT2D eigenvalue weighted by Crippen LogP contribution is 1.89. The first-order chi connectivity index (χ1) is 5.52. The maximum absolute atomic E-state index is 11.1. The van der Waals surface area contributed by atoms with Crippen LogP contribution in [-0.2, 0) is 0 Å². The van der Waals surface area contributed by atoms with E-state index in [1.165, 1.54) is 0 Å². The maximum atomic E-state index is 11.1. The zero-order valence-electron chi connectivity index (χ0n) is 7.47. The molecule has 0 aliphatic carbocycles. The molecule has 12 heavy (non-hydrogen) atoms. The molecule has 0 atom stereocenters. The summed E-state index contributed by atoms with van der Waals surface area (Å²) in [6.07, 6.45) is 0. The van der Waals surface area contributed by atoms with Gasteiger partial charge in [0.15, 0.2) is 5.55 Å². The molecule has 0 fully saturated rings. The summed E-state index contributed by atoms with van der Waals surface area (Å²) < 4.78 is 4.72. The number of aromatic amines is 1. The SMILES string of the molecule is C=c1[nH]c(=C(C)N(C)C)c(=O)o1. The van der Waals surface area contributed by atoms with Crippen LogP contribution in [-0.4, -0.2) is 24.0 Å². The van der Waals surface area contributed by atoms with E-state index in [4.69, 9.17) is 4.42 Å². The Morgan fingerprint density at radius 1 is 1.58 bits per heavy atom. The zero-order valence-corrected chi connectivity index (χ0v) is 7.47. The van der Waals surface area contributed by atoms with Gasteiger partial charge in [-0.05, 0) is 13.5 Å². The number of aromatic nitrogens is 1. The standard InChI is InChI=1S/C8H12N2O2/c1-5(10(3)4)7-8(11)12-6(2)9-7/h9H,2H2,1,3-4H3. The molecule has 0 unspecified atom stereocenters. The molecule has 4 heteroatoms. The van der Waals surface area contributed by atoms with E-state index >= 15 is 0 Å². The number of rotatable bonds is 1. The van der Waals surface area contributed by atoms with Crippen LogP contribution in [0.25, 0.3) is 12.3 Å². The average Bonchev–Trinajstić information content (AvgIpc) is 2.28. The van der Waals surface area contributed by atoms with E-state index in [2.05, 4.69) is 11.6 Å². The number of hydrogen-bond donors (Lipinski definition) is 1. The van der Waals surface area contributed by atoms with Crippen LogP contribution in [0.5, 0.6) is 0 Å². The Kier molecular flexibility index (Phi) is 2.08. The van der Waals surface area contributed by atoms with Gasteiger partial charge in [-0.2, -0.15) is 0 Å². The average molecular weight is 168 g/mol. The minimum Gasteiger partial charge on any atom is -0.405 e. The second-order valence-electron chi connectivity index (χ2n) is 2.79. The Bertz CT molecular complexity index is 425. The Morgan fingerprint density at radius 2 is 2.17 bits per heavy atom. The summed E-state index contributed by atoms with van der Waals surface area (Å²) in [4.78, 5) is 15.7. The van der Waals surface area contributed by atoms with E-state index in [0.29, 0.717) is 5.35 Å². The maximum Gasteiger partial charge on any atom is 0.363 e. The van der Waals surface area contributed by atoms with Crippen molar-refractivity contribution in [2.24, 2.45) is 0 Å². The van der Waals surface area contributed by atoms with Gasteiger partial charge in [-0.15, -0.1) is 0 Å². The molecule has 1 rings (SSSR count). The van der Waals surface area contributed by atoms with Gasteiger partial charge in [-0.3, -0.25) is 0 Å². The fourth-order valence-electron chi connectivity index (χ4n) is 0.841. The van der Waals surface area contributed by atoms with Gasteiger partial charge in [-0.1, -0.05) is 0 Å². The Labute approximate surface area is 69.8 Å². The summed E-state index contributed by atoms with van der Waals surface area (Å²) in [5, 5.41) is 0.463. The van der Waals surface area contributed by atoms with E-state index in [0.717, 1.165) is 5.70 Å². The summed E-state index contributed by atoms with van der Waals surface area (Å²) >= 11 is 0. The fraction of sp³-hybridized carbons (Fsp3) is 0.375. The van der Waals surface area contributed by atoms with Crippen LogP contribution in [0.4, 0.5) is 0 Å². The second kappa shape index (κ2) is 2.89. The second-order valence-corrected chi connectivity index (χ2v) is 2.79. The number of hydrogen-bond acceptors (Lipinski definition) is 3. The molecule has 1 aromatic heterocycles. The summed E-state index contributed by atoms with van der Waals surface area (Å²) in [6.45, 7) is 5.33. The van der Waals surface area contributed by atoms with Gasteiger partial charge >= 0.3 is 5.63 Å². The van der Waals surface area contributed by atoms with E-state index in [-0.39, 0.29) is 11.2 Å². The molecular formula is C8H12N2O2. The predicted octanol–water partition coefficient (Wildman–Crippen LogP) is -0.932. The summed E-state index contributed by atoms with van der Waals surface area (Å²) in [5.74, 6) is 0. The normalized spacial score (nSPS) is 12.9. The molecule has 0 aliphatic heterocycles. The third-order valence-electron chi connectivity index (χ3n) is 1.72. The summed E-state index contributed by atoms with van der Waals surface area (Å²) in [7, 11) is 3.72. The van der Waals surface area contributed by atoms with Crippen LogP contribution in [0.15, 0.2) is 9.21 Å². The van der Waals surface area contributed by atoms with Crippen LogP contribution in [0.3, 0.4) is 0 Å². The van der Waals surface area contributed by atoms with Crippen LogP contribution in [0.2, 0.25) is 0 Å². The molecule has 1 aromatic rings. The number of nitrogens with zero attached hydrogens (tertiary/aromatic N) is 1. The van der Waals surface area contributed by atoms with E-state index in [1.807, 2.05) is 25.9 Å². The van der Waals surface area contributed by atoms with Gasteiger partial charge in [0, 0.05) is 19.8 Å². The van der Waals surface area contributed by atoms with Gasteiger partial charge in [0.05, 0.1) is 0 Å². The number of oxazole rings is 1. The Balaban J connectivity index is 3.55. The van der Waals surface area contributed by atoms with E-state index in [1.54, 1.807) is 0 Å². The van der Waals surface area contributed by atoms with Gasteiger partial charge < -0.3 is 14.3 Å². The van der Waals surface area contributed by atoms with Crippen LogP contribution >= 0.6 is 0 Å². The highest BCUT2D eigenvalue weighted by Gasteiger charge is 2.00. The largest absolute Gasteiger partial charge is 0.405 e. The number of H-pyrrole nitrogens is 1. The van der Waals surface area contributed by atoms with Crippen molar-refractivity contribution in [1.82, 2.24) is 9.88 Å². The van der Waals surface area contributed by atoms with Crippen molar-refractivity contribution >= 4 is 12.3 Å². The lowest BCUT2D eigenvalue weighted by molar-refractivity contribution is 0.487. The van der Waals surface area contributed by atoms with Gasteiger partial charge in [0.2, 0.25) is 0 Å². The molecule has 0 aromatic carbocycles. The third-order valence-corrected chi connectivity index (χ3v) is 1.72. The molecule has 0 saturated heterocycles. The van der Waals surface area contributed by atoms with Gasteiger partial charge in [0.25, 0.3) is 0 Å². The fourth-order valence-corrected chi connectivity index (χ4v) is 0.841. The Morgan fingerprint density at radius 3 is 2.50 bits per heavy atom. The highest BCUT2D eigenvalue weighted by molar-refractivity contribution is 5.35. The molecule has 1 N–H and O–H groups in total. The molecule has 66 valence electrons. The zero-order chi connectivity index (χ0) is 9.30. The molecule has 0 aliphatic rings. The van der Waals surface area contributed by atoms with Crippen molar-refractivity contribution in [1.29, 1.82) is 0 Å².